The predicted molar refractivity (Wildman–Crippen MR) is 80.3 cm³/mol. The lowest BCUT2D eigenvalue weighted by atomic mass is 10.1. The summed E-state index contributed by atoms with van der Waals surface area (Å²) in [6, 6.07) is 8.83. The molecule has 0 saturated carbocycles. The van der Waals surface area contributed by atoms with Crippen molar-refractivity contribution in [2.45, 2.75) is 13.0 Å². The maximum Gasteiger partial charge on any atom is 0.311 e. The minimum Gasteiger partial charge on any atom is -0.450 e. The lowest BCUT2D eigenvalue weighted by molar-refractivity contribution is -0.385. The molecule has 5 nitrogen and oxygen atoms in total. The van der Waals surface area contributed by atoms with Crippen LogP contribution < -0.4 is 4.74 Å². The van der Waals surface area contributed by atoms with Crippen molar-refractivity contribution in [2.24, 2.45) is 0 Å². The van der Waals surface area contributed by atoms with Crippen molar-refractivity contribution in [1.82, 2.24) is 0 Å². The maximum absolute atomic E-state index is 11.1. The van der Waals surface area contributed by atoms with E-state index in [0.29, 0.717) is 16.3 Å². The first-order valence-electron chi connectivity index (χ1n) is 5.98. The van der Waals surface area contributed by atoms with Gasteiger partial charge in [0.2, 0.25) is 5.75 Å². The lowest BCUT2D eigenvalue weighted by Gasteiger charge is -2.10. The molecule has 2 aromatic rings. The van der Waals surface area contributed by atoms with Gasteiger partial charge in [0.25, 0.3) is 0 Å². The molecule has 0 radical (unpaired) electrons. The number of nitro groups is 1. The Balaban J connectivity index is 2.39. The summed E-state index contributed by atoms with van der Waals surface area (Å²) in [6.45, 7) is 1.53. The highest BCUT2D eigenvalue weighted by molar-refractivity contribution is 6.42. The Morgan fingerprint density at radius 1 is 1.19 bits per heavy atom. The number of hydrogen-bond acceptors (Lipinski definition) is 4. The zero-order valence-corrected chi connectivity index (χ0v) is 12.4. The Morgan fingerprint density at radius 3 is 2.48 bits per heavy atom. The molecule has 0 unspecified atom stereocenters. The summed E-state index contributed by atoms with van der Waals surface area (Å²) < 4.78 is 5.47. The molecule has 7 heteroatoms. The van der Waals surface area contributed by atoms with E-state index in [9.17, 15) is 15.2 Å². The average molecular weight is 328 g/mol. The third-order valence-corrected chi connectivity index (χ3v) is 3.52. The van der Waals surface area contributed by atoms with Crippen LogP contribution in [0.5, 0.6) is 11.5 Å². The van der Waals surface area contributed by atoms with Crippen LogP contribution in [0.3, 0.4) is 0 Å². The zero-order valence-electron chi connectivity index (χ0n) is 10.9. The normalized spacial score (nSPS) is 12.0. The van der Waals surface area contributed by atoms with Crippen LogP contribution in [-0.2, 0) is 0 Å². The Hall–Kier alpha value is -1.82. The molecule has 21 heavy (non-hydrogen) atoms. The minimum absolute atomic E-state index is 0.0581. The molecule has 2 rings (SSSR count). The number of ether oxygens (including phenoxy) is 1. The quantitative estimate of drug-likeness (QED) is 0.649. The first kappa shape index (κ1) is 15.6. The van der Waals surface area contributed by atoms with E-state index in [1.54, 1.807) is 12.1 Å². The van der Waals surface area contributed by atoms with Crippen molar-refractivity contribution in [3.63, 3.8) is 0 Å². The van der Waals surface area contributed by atoms with Crippen molar-refractivity contribution in [3.05, 3.63) is 62.1 Å². The first-order valence-corrected chi connectivity index (χ1v) is 6.73. The Kier molecular flexibility index (Phi) is 4.67. The van der Waals surface area contributed by atoms with Crippen LogP contribution in [0.1, 0.15) is 18.6 Å². The van der Waals surface area contributed by atoms with Crippen LogP contribution in [0.2, 0.25) is 10.0 Å². The molecule has 0 heterocycles. The summed E-state index contributed by atoms with van der Waals surface area (Å²) >= 11 is 11.7. The second kappa shape index (κ2) is 6.30. The van der Waals surface area contributed by atoms with E-state index in [2.05, 4.69) is 0 Å². The molecule has 0 bridgehead atoms. The highest BCUT2D eigenvalue weighted by Crippen LogP contribution is 2.35. The molecular formula is C14H11Cl2NO4. The Morgan fingerprint density at radius 2 is 1.90 bits per heavy atom. The summed E-state index contributed by atoms with van der Waals surface area (Å²) in [5, 5.41) is 21.2. The van der Waals surface area contributed by atoms with Crippen molar-refractivity contribution < 1.29 is 14.8 Å². The molecule has 0 spiro atoms. The molecule has 0 amide bonds. The molecule has 110 valence electrons. The van der Waals surface area contributed by atoms with Gasteiger partial charge >= 0.3 is 5.69 Å². The van der Waals surface area contributed by atoms with E-state index in [1.165, 1.54) is 31.2 Å². The second-order valence-corrected chi connectivity index (χ2v) is 5.15. The number of nitro benzene ring substituents is 1. The van der Waals surface area contributed by atoms with Gasteiger partial charge in [0.1, 0.15) is 5.75 Å². The topological polar surface area (TPSA) is 72.6 Å². The van der Waals surface area contributed by atoms with Crippen molar-refractivity contribution in [3.8, 4) is 11.5 Å². The number of nitrogens with zero attached hydrogens (tertiary/aromatic N) is 1. The van der Waals surface area contributed by atoms with Gasteiger partial charge in [0.15, 0.2) is 0 Å². The smallest absolute Gasteiger partial charge is 0.311 e. The number of aliphatic hydroxyl groups is 1. The molecule has 0 saturated heterocycles. The second-order valence-electron chi connectivity index (χ2n) is 4.34. The molecule has 1 atom stereocenters. The van der Waals surface area contributed by atoms with Gasteiger partial charge < -0.3 is 9.84 Å². The molecule has 0 aromatic heterocycles. The van der Waals surface area contributed by atoms with E-state index in [1.807, 2.05) is 0 Å². The SMILES string of the molecule is C[C@@H](O)c1ccc(Oc2ccc(Cl)c(Cl)c2)c([N+](=O)[O-])c1. The highest BCUT2D eigenvalue weighted by atomic mass is 35.5. The van der Waals surface area contributed by atoms with Gasteiger partial charge in [0, 0.05) is 12.1 Å². The third kappa shape index (κ3) is 3.64. The van der Waals surface area contributed by atoms with Crippen LogP contribution in [-0.4, -0.2) is 10.0 Å². The average Bonchev–Trinajstić information content (AvgIpc) is 2.43. The fourth-order valence-corrected chi connectivity index (χ4v) is 1.98. The molecule has 0 aliphatic heterocycles. The molecular weight excluding hydrogens is 317 g/mol. The Labute approximate surface area is 130 Å². The van der Waals surface area contributed by atoms with Crippen molar-refractivity contribution in [1.29, 1.82) is 0 Å². The highest BCUT2D eigenvalue weighted by Gasteiger charge is 2.18. The monoisotopic (exact) mass is 327 g/mol. The summed E-state index contributed by atoms with van der Waals surface area (Å²) in [4.78, 5) is 10.5. The van der Waals surface area contributed by atoms with Gasteiger partial charge in [-0.05, 0) is 30.7 Å². The zero-order chi connectivity index (χ0) is 15.6. The van der Waals surface area contributed by atoms with Gasteiger partial charge in [-0.2, -0.15) is 0 Å². The fraction of sp³-hybridized carbons (Fsp3) is 0.143. The minimum atomic E-state index is -0.803. The Bertz CT molecular complexity index is 689. The maximum atomic E-state index is 11.1. The molecule has 0 aliphatic carbocycles. The number of hydrogen-bond donors (Lipinski definition) is 1. The summed E-state index contributed by atoms with van der Waals surface area (Å²) in [7, 11) is 0. The van der Waals surface area contributed by atoms with Crippen LogP contribution >= 0.6 is 23.2 Å². The van der Waals surface area contributed by atoms with E-state index < -0.39 is 11.0 Å². The number of benzene rings is 2. The van der Waals surface area contributed by atoms with Gasteiger partial charge in [-0.1, -0.05) is 29.3 Å². The predicted octanol–water partition coefficient (Wildman–Crippen LogP) is 4.75. The van der Waals surface area contributed by atoms with E-state index in [0.717, 1.165) is 0 Å². The van der Waals surface area contributed by atoms with Gasteiger partial charge in [0.05, 0.1) is 21.1 Å². The first-order chi connectivity index (χ1) is 9.88. The molecule has 1 N–H and O–H groups in total. The number of halogens is 2. The van der Waals surface area contributed by atoms with Crippen LogP contribution in [0, 0.1) is 10.1 Å². The fourth-order valence-electron chi connectivity index (χ4n) is 1.69. The van der Waals surface area contributed by atoms with E-state index in [4.69, 9.17) is 27.9 Å². The van der Waals surface area contributed by atoms with E-state index in [-0.39, 0.29) is 16.5 Å². The summed E-state index contributed by atoms with van der Waals surface area (Å²) in [5.74, 6) is 0.389. The van der Waals surface area contributed by atoms with E-state index >= 15 is 0 Å². The van der Waals surface area contributed by atoms with Crippen LogP contribution in [0.25, 0.3) is 0 Å². The summed E-state index contributed by atoms with van der Waals surface area (Å²) in [6.07, 6.45) is -0.803. The standard InChI is InChI=1S/C14H11Cl2NO4/c1-8(18)9-2-5-14(13(6-9)17(19)20)21-10-3-4-11(15)12(16)7-10/h2-8,18H,1H3/t8-/m1/s1. The van der Waals surface area contributed by atoms with Gasteiger partial charge in [-0.25, -0.2) is 0 Å². The van der Waals surface area contributed by atoms with Crippen LogP contribution in [0.4, 0.5) is 5.69 Å². The molecule has 2 aromatic carbocycles. The lowest BCUT2D eigenvalue weighted by Crippen LogP contribution is -1.97. The third-order valence-electron chi connectivity index (χ3n) is 2.78. The van der Waals surface area contributed by atoms with Gasteiger partial charge in [-0.15, -0.1) is 0 Å². The molecule has 0 fully saturated rings. The van der Waals surface area contributed by atoms with Gasteiger partial charge in [-0.3, -0.25) is 10.1 Å². The van der Waals surface area contributed by atoms with Crippen molar-refractivity contribution >= 4 is 28.9 Å². The molecule has 0 aliphatic rings. The summed E-state index contributed by atoms with van der Waals surface area (Å²) in [5.41, 5.74) is 0.197. The van der Waals surface area contributed by atoms with Crippen molar-refractivity contribution in [2.75, 3.05) is 0 Å². The van der Waals surface area contributed by atoms with Crippen LogP contribution in [0.15, 0.2) is 36.4 Å². The largest absolute Gasteiger partial charge is 0.450 e. The number of rotatable bonds is 4. The number of aliphatic hydroxyl groups excluding tert-OH is 1.